The van der Waals surface area contributed by atoms with Crippen molar-refractivity contribution in [3.63, 3.8) is 0 Å². The Kier molecular flexibility index (Phi) is 3.06. The summed E-state index contributed by atoms with van der Waals surface area (Å²) in [6.45, 7) is 5.36. The van der Waals surface area contributed by atoms with Crippen molar-refractivity contribution >= 4 is 11.9 Å². The molecule has 4 nitrogen and oxygen atoms in total. The van der Waals surface area contributed by atoms with E-state index in [1.54, 1.807) is 32.9 Å². The summed E-state index contributed by atoms with van der Waals surface area (Å²) in [5.74, 6) is -0.612. The fraction of sp³-hybridized carbons (Fsp3) is 0.400. The van der Waals surface area contributed by atoms with Crippen LogP contribution in [0.4, 0.5) is 0 Å². The second-order valence-electron chi connectivity index (χ2n) is 3.72. The first kappa shape index (κ1) is 10.5. The van der Waals surface area contributed by atoms with E-state index >= 15 is 0 Å². The maximum Gasteiger partial charge on any atom is 0.395 e. The minimum absolute atomic E-state index is 0.0510. The van der Waals surface area contributed by atoms with Gasteiger partial charge in [0.1, 0.15) is 5.60 Å². The van der Waals surface area contributed by atoms with Crippen molar-refractivity contribution in [3.8, 4) is 0 Å². The van der Waals surface area contributed by atoms with Gasteiger partial charge >= 0.3 is 11.9 Å². The molecule has 0 aliphatic carbocycles. The highest BCUT2D eigenvalue weighted by molar-refractivity contribution is 6.33. The number of allylic oxidation sites excluding steroid dienone is 2. The third kappa shape index (κ3) is 3.43. The minimum Gasteiger partial charge on any atom is -0.453 e. The second kappa shape index (κ2) is 4.09. The van der Waals surface area contributed by atoms with Gasteiger partial charge in [0.2, 0.25) is 0 Å². The quantitative estimate of drug-likeness (QED) is 0.599. The molecular weight excluding hydrogens is 182 g/mol. The molecule has 0 bridgehead atoms. The molecule has 4 heteroatoms. The Balaban J connectivity index is 2.66. The molecule has 0 aromatic heterocycles. The van der Waals surface area contributed by atoms with E-state index in [0.29, 0.717) is 0 Å². The summed E-state index contributed by atoms with van der Waals surface area (Å²) in [4.78, 5) is 15.2. The van der Waals surface area contributed by atoms with Crippen molar-refractivity contribution in [1.82, 2.24) is 0 Å². The summed E-state index contributed by atoms with van der Waals surface area (Å²) in [6.07, 6.45) is 6.16. The fourth-order valence-electron chi connectivity index (χ4n) is 0.763. The van der Waals surface area contributed by atoms with Crippen LogP contribution in [0.5, 0.6) is 0 Å². The van der Waals surface area contributed by atoms with Crippen LogP contribution in [0.25, 0.3) is 0 Å². The van der Waals surface area contributed by atoms with Gasteiger partial charge in [0, 0.05) is 6.20 Å². The zero-order chi connectivity index (χ0) is 10.6. The summed E-state index contributed by atoms with van der Waals surface area (Å²) in [7, 11) is 0. The molecule has 1 aliphatic heterocycles. The molecule has 0 atom stereocenters. The minimum atomic E-state index is -0.561. The number of hydrogen-bond acceptors (Lipinski definition) is 4. The standard InChI is InChI=1S/C10H13NO3/c1-10(2,3)14-9(12)8-11-6-4-5-7-13-8/h4-7H,1-3H3. The van der Waals surface area contributed by atoms with Gasteiger partial charge in [-0.25, -0.2) is 9.79 Å². The van der Waals surface area contributed by atoms with Crippen LogP contribution in [-0.4, -0.2) is 17.5 Å². The van der Waals surface area contributed by atoms with Gasteiger partial charge in [-0.3, -0.25) is 0 Å². The lowest BCUT2D eigenvalue weighted by atomic mass is 10.2. The summed E-state index contributed by atoms with van der Waals surface area (Å²) in [5, 5.41) is 0. The van der Waals surface area contributed by atoms with Gasteiger partial charge < -0.3 is 9.47 Å². The predicted octanol–water partition coefficient (Wildman–Crippen LogP) is 1.78. The van der Waals surface area contributed by atoms with Gasteiger partial charge in [0.05, 0.1) is 6.26 Å². The molecule has 0 spiro atoms. The summed E-state index contributed by atoms with van der Waals surface area (Å²) < 4.78 is 10.0. The first-order valence-electron chi connectivity index (χ1n) is 4.28. The Hall–Kier alpha value is -1.58. The van der Waals surface area contributed by atoms with Crippen molar-refractivity contribution in [2.75, 3.05) is 0 Å². The van der Waals surface area contributed by atoms with E-state index in [-0.39, 0.29) is 5.90 Å². The van der Waals surface area contributed by atoms with Crippen molar-refractivity contribution < 1.29 is 14.3 Å². The molecule has 0 unspecified atom stereocenters. The molecule has 0 aromatic carbocycles. The third-order valence-corrected chi connectivity index (χ3v) is 1.22. The smallest absolute Gasteiger partial charge is 0.395 e. The van der Waals surface area contributed by atoms with Gasteiger partial charge in [-0.05, 0) is 32.9 Å². The molecule has 0 saturated carbocycles. The lowest BCUT2D eigenvalue weighted by molar-refractivity contribution is -0.147. The Morgan fingerprint density at radius 1 is 1.43 bits per heavy atom. The van der Waals surface area contributed by atoms with Crippen LogP contribution in [0.2, 0.25) is 0 Å². The van der Waals surface area contributed by atoms with E-state index in [1.165, 1.54) is 12.5 Å². The molecule has 0 fully saturated rings. The second-order valence-corrected chi connectivity index (χ2v) is 3.72. The van der Waals surface area contributed by atoms with E-state index in [0.717, 1.165) is 0 Å². The number of aliphatic imine (C=N–C) groups is 1. The van der Waals surface area contributed by atoms with Gasteiger partial charge in [0.15, 0.2) is 0 Å². The average Bonchev–Trinajstić information content (AvgIpc) is 2.27. The normalized spacial score (nSPS) is 15.5. The first-order chi connectivity index (χ1) is 6.49. The number of carbonyl (C=O) groups excluding carboxylic acids is 1. The van der Waals surface area contributed by atoms with E-state index < -0.39 is 11.6 Å². The number of esters is 1. The summed E-state index contributed by atoms with van der Waals surface area (Å²) >= 11 is 0. The van der Waals surface area contributed by atoms with Crippen LogP contribution in [-0.2, 0) is 14.3 Å². The molecule has 1 aliphatic rings. The Morgan fingerprint density at radius 3 is 2.79 bits per heavy atom. The van der Waals surface area contributed by atoms with Gasteiger partial charge in [-0.1, -0.05) is 0 Å². The maximum absolute atomic E-state index is 11.4. The van der Waals surface area contributed by atoms with Gasteiger partial charge in [0.25, 0.3) is 0 Å². The lowest BCUT2D eigenvalue weighted by Gasteiger charge is -2.19. The molecular formula is C10H13NO3. The number of nitrogens with zero attached hydrogens (tertiary/aromatic N) is 1. The fourth-order valence-corrected chi connectivity index (χ4v) is 0.763. The maximum atomic E-state index is 11.4. The van der Waals surface area contributed by atoms with E-state index in [2.05, 4.69) is 4.99 Å². The third-order valence-electron chi connectivity index (χ3n) is 1.22. The summed E-state index contributed by atoms with van der Waals surface area (Å²) in [6, 6.07) is 0. The molecule has 1 heterocycles. The van der Waals surface area contributed by atoms with Crippen LogP contribution in [0.3, 0.4) is 0 Å². The topological polar surface area (TPSA) is 47.9 Å². The van der Waals surface area contributed by atoms with Crippen LogP contribution in [0.1, 0.15) is 20.8 Å². The number of rotatable bonds is 1. The van der Waals surface area contributed by atoms with Gasteiger partial charge in [-0.15, -0.1) is 0 Å². The van der Waals surface area contributed by atoms with Crippen molar-refractivity contribution in [1.29, 1.82) is 0 Å². The highest BCUT2D eigenvalue weighted by Crippen LogP contribution is 2.08. The van der Waals surface area contributed by atoms with Crippen molar-refractivity contribution in [3.05, 3.63) is 24.6 Å². The SMILES string of the molecule is CC(C)(C)OC(=O)C1=NC=CC=CO1. The van der Waals surface area contributed by atoms with Gasteiger partial charge in [-0.2, -0.15) is 0 Å². The van der Waals surface area contributed by atoms with Crippen LogP contribution < -0.4 is 0 Å². The number of ether oxygens (including phenoxy) is 2. The Morgan fingerprint density at radius 2 is 2.14 bits per heavy atom. The van der Waals surface area contributed by atoms with Crippen LogP contribution in [0.15, 0.2) is 29.6 Å². The number of hydrogen-bond donors (Lipinski definition) is 0. The van der Waals surface area contributed by atoms with Crippen LogP contribution in [0, 0.1) is 0 Å². The lowest BCUT2D eigenvalue weighted by Crippen LogP contribution is -2.29. The summed E-state index contributed by atoms with van der Waals surface area (Å²) in [5.41, 5.74) is -0.539. The molecule has 0 saturated heterocycles. The van der Waals surface area contributed by atoms with E-state index in [4.69, 9.17) is 9.47 Å². The van der Waals surface area contributed by atoms with E-state index in [1.807, 2.05) is 0 Å². The number of carbonyl (C=O) groups is 1. The monoisotopic (exact) mass is 195 g/mol. The molecule has 0 aromatic rings. The molecule has 1 rings (SSSR count). The van der Waals surface area contributed by atoms with E-state index in [9.17, 15) is 4.79 Å². The zero-order valence-corrected chi connectivity index (χ0v) is 8.48. The molecule has 0 amide bonds. The first-order valence-corrected chi connectivity index (χ1v) is 4.28. The molecule has 76 valence electrons. The largest absolute Gasteiger partial charge is 0.453 e. The highest BCUT2D eigenvalue weighted by Gasteiger charge is 2.22. The highest BCUT2D eigenvalue weighted by atomic mass is 16.6. The molecule has 0 N–H and O–H groups in total. The van der Waals surface area contributed by atoms with Crippen molar-refractivity contribution in [2.45, 2.75) is 26.4 Å². The average molecular weight is 195 g/mol. The van der Waals surface area contributed by atoms with Crippen LogP contribution >= 0.6 is 0 Å². The predicted molar refractivity (Wildman–Crippen MR) is 52.6 cm³/mol. The van der Waals surface area contributed by atoms with Crippen molar-refractivity contribution in [2.24, 2.45) is 4.99 Å². The Labute approximate surface area is 82.9 Å². The Bertz CT molecular complexity index is 308. The molecule has 0 radical (unpaired) electrons. The zero-order valence-electron chi connectivity index (χ0n) is 8.48. The molecule has 14 heavy (non-hydrogen) atoms.